The number of rotatable bonds is 4. The van der Waals surface area contributed by atoms with Gasteiger partial charge in [0.05, 0.1) is 16.6 Å². The molecule has 0 aliphatic rings. The number of aromatic nitrogens is 1. The first-order valence-corrected chi connectivity index (χ1v) is 11.6. The fourth-order valence-corrected chi connectivity index (χ4v) is 4.75. The quantitative estimate of drug-likeness (QED) is 0.121. The number of phenolic OH excluding ortho intramolecular Hbond substituents is 5. The molecule has 6 N–H and O–H groups in total. The van der Waals surface area contributed by atoms with Crippen LogP contribution in [0.25, 0.3) is 38.6 Å². The van der Waals surface area contributed by atoms with E-state index in [-0.39, 0.29) is 5.56 Å². The Balaban J connectivity index is 1.38. The molecule has 1 aromatic heterocycles. The molecule has 182 valence electrons. The Kier molecular flexibility index (Phi) is 5.05. The standard InChI is InChI=1S/C30H22N2O5/c33-26-25(27(34)29(36)30(37)28(26)35)17-10-12-18(13-11-17)31-19-14-15-24-22(16-19)21-8-4-5-9-23(21)32(24)20-6-2-1-3-7-20/h1-16,31,33-37H. The Morgan fingerprint density at radius 2 is 1.05 bits per heavy atom. The maximum absolute atomic E-state index is 10.2. The minimum absolute atomic E-state index is 0.186. The van der Waals surface area contributed by atoms with Crippen molar-refractivity contribution >= 4 is 33.2 Å². The summed E-state index contributed by atoms with van der Waals surface area (Å²) in [6.45, 7) is 0. The highest BCUT2D eigenvalue weighted by Crippen LogP contribution is 2.54. The molecular weight excluding hydrogens is 468 g/mol. The molecule has 0 aliphatic heterocycles. The largest absolute Gasteiger partial charge is 0.504 e. The van der Waals surface area contributed by atoms with Gasteiger partial charge >= 0.3 is 0 Å². The summed E-state index contributed by atoms with van der Waals surface area (Å²) in [5.41, 5.74) is 5.07. The van der Waals surface area contributed by atoms with E-state index >= 15 is 0 Å². The minimum Gasteiger partial charge on any atom is -0.504 e. The molecule has 0 unspecified atom stereocenters. The number of nitrogens with one attached hydrogen (secondary N) is 1. The van der Waals surface area contributed by atoms with Crippen molar-refractivity contribution in [3.8, 4) is 45.6 Å². The molecule has 7 nitrogen and oxygen atoms in total. The molecule has 6 aromatic rings. The Morgan fingerprint density at radius 3 is 1.76 bits per heavy atom. The Labute approximate surface area is 211 Å². The number of anilines is 2. The highest BCUT2D eigenvalue weighted by molar-refractivity contribution is 6.10. The van der Waals surface area contributed by atoms with E-state index in [4.69, 9.17) is 0 Å². The van der Waals surface area contributed by atoms with Crippen LogP contribution in [0.1, 0.15) is 0 Å². The average molecular weight is 491 g/mol. The van der Waals surface area contributed by atoms with Crippen LogP contribution in [0.15, 0.2) is 97.1 Å². The summed E-state index contributed by atoms with van der Waals surface area (Å²) in [6, 6.07) is 31.4. The Morgan fingerprint density at radius 1 is 0.486 bits per heavy atom. The fourth-order valence-electron chi connectivity index (χ4n) is 4.75. The number of aromatic hydroxyl groups is 5. The molecule has 0 aliphatic carbocycles. The van der Waals surface area contributed by atoms with Crippen molar-refractivity contribution in [3.05, 3.63) is 97.1 Å². The first kappa shape index (κ1) is 22.2. The molecule has 0 saturated carbocycles. The molecule has 1 heterocycles. The van der Waals surface area contributed by atoms with E-state index in [9.17, 15) is 25.5 Å². The lowest BCUT2D eigenvalue weighted by Gasteiger charge is -2.13. The zero-order chi connectivity index (χ0) is 25.7. The molecule has 0 amide bonds. The molecule has 0 atom stereocenters. The molecule has 0 fully saturated rings. The average Bonchev–Trinajstić information content (AvgIpc) is 3.26. The number of hydrogen-bond acceptors (Lipinski definition) is 6. The van der Waals surface area contributed by atoms with Crippen molar-refractivity contribution in [1.29, 1.82) is 0 Å². The zero-order valence-corrected chi connectivity index (χ0v) is 19.4. The number of fused-ring (bicyclic) bond motifs is 3. The summed E-state index contributed by atoms with van der Waals surface area (Å²) in [7, 11) is 0. The summed E-state index contributed by atoms with van der Waals surface area (Å²) >= 11 is 0. The second-order valence-corrected chi connectivity index (χ2v) is 8.74. The predicted molar refractivity (Wildman–Crippen MR) is 144 cm³/mol. The van der Waals surface area contributed by atoms with Crippen LogP contribution in [0.2, 0.25) is 0 Å². The molecule has 0 bridgehead atoms. The Bertz CT molecular complexity index is 1760. The van der Waals surface area contributed by atoms with Crippen LogP contribution in [-0.2, 0) is 0 Å². The van der Waals surface area contributed by atoms with Gasteiger partial charge in [0.25, 0.3) is 0 Å². The van der Waals surface area contributed by atoms with Gasteiger partial charge in [-0.05, 0) is 54.1 Å². The molecule has 0 spiro atoms. The van der Waals surface area contributed by atoms with Gasteiger partial charge in [0, 0.05) is 27.8 Å². The van der Waals surface area contributed by atoms with Gasteiger partial charge in [0.15, 0.2) is 11.5 Å². The molecule has 5 aromatic carbocycles. The number of hydrogen-bond donors (Lipinski definition) is 6. The smallest absolute Gasteiger partial charge is 0.208 e. The molecule has 7 heteroatoms. The van der Waals surface area contributed by atoms with Crippen LogP contribution in [0.3, 0.4) is 0 Å². The van der Waals surface area contributed by atoms with E-state index in [1.54, 1.807) is 24.3 Å². The van der Waals surface area contributed by atoms with Crippen LogP contribution < -0.4 is 5.32 Å². The van der Waals surface area contributed by atoms with Crippen LogP contribution in [0, 0.1) is 0 Å². The third kappa shape index (κ3) is 3.52. The van der Waals surface area contributed by atoms with Gasteiger partial charge in [-0.1, -0.05) is 48.5 Å². The molecule has 0 radical (unpaired) electrons. The first-order chi connectivity index (χ1) is 17.9. The van der Waals surface area contributed by atoms with Crippen molar-refractivity contribution in [3.63, 3.8) is 0 Å². The summed E-state index contributed by atoms with van der Waals surface area (Å²) in [5, 5.41) is 55.4. The molecule has 0 saturated heterocycles. The van der Waals surface area contributed by atoms with Crippen molar-refractivity contribution in [2.45, 2.75) is 0 Å². The van der Waals surface area contributed by atoms with E-state index < -0.39 is 28.7 Å². The van der Waals surface area contributed by atoms with Crippen molar-refractivity contribution in [2.24, 2.45) is 0 Å². The van der Waals surface area contributed by atoms with E-state index in [2.05, 4.69) is 46.3 Å². The summed E-state index contributed by atoms with van der Waals surface area (Å²) in [5.74, 6) is -4.26. The van der Waals surface area contributed by atoms with Crippen LogP contribution >= 0.6 is 0 Å². The van der Waals surface area contributed by atoms with Crippen molar-refractivity contribution in [2.75, 3.05) is 5.32 Å². The maximum atomic E-state index is 10.2. The lowest BCUT2D eigenvalue weighted by atomic mass is 10.0. The second kappa shape index (κ2) is 8.42. The van der Waals surface area contributed by atoms with E-state index in [0.29, 0.717) is 5.56 Å². The van der Waals surface area contributed by atoms with E-state index in [0.717, 1.165) is 38.9 Å². The summed E-state index contributed by atoms with van der Waals surface area (Å²) < 4.78 is 2.24. The van der Waals surface area contributed by atoms with Gasteiger partial charge < -0.3 is 35.4 Å². The monoisotopic (exact) mass is 490 g/mol. The highest BCUT2D eigenvalue weighted by atomic mass is 16.4. The van der Waals surface area contributed by atoms with Gasteiger partial charge in [0.1, 0.15) is 0 Å². The second-order valence-electron chi connectivity index (χ2n) is 8.74. The van der Waals surface area contributed by atoms with Gasteiger partial charge in [-0.25, -0.2) is 0 Å². The minimum atomic E-state index is -0.985. The zero-order valence-electron chi connectivity index (χ0n) is 19.4. The van der Waals surface area contributed by atoms with Crippen LogP contribution in [0.4, 0.5) is 11.4 Å². The first-order valence-electron chi connectivity index (χ1n) is 11.6. The van der Waals surface area contributed by atoms with Crippen molar-refractivity contribution < 1.29 is 25.5 Å². The third-order valence-corrected chi connectivity index (χ3v) is 6.52. The lowest BCUT2D eigenvalue weighted by Crippen LogP contribution is -1.94. The summed E-state index contributed by atoms with van der Waals surface area (Å²) in [4.78, 5) is 0. The van der Waals surface area contributed by atoms with E-state index in [1.807, 2.05) is 36.4 Å². The molecular formula is C30H22N2O5. The van der Waals surface area contributed by atoms with Crippen molar-refractivity contribution in [1.82, 2.24) is 4.57 Å². The fraction of sp³-hybridized carbons (Fsp3) is 0. The third-order valence-electron chi connectivity index (χ3n) is 6.52. The van der Waals surface area contributed by atoms with Gasteiger partial charge in [-0.15, -0.1) is 0 Å². The van der Waals surface area contributed by atoms with Gasteiger partial charge in [0.2, 0.25) is 17.2 Å². The van der Waals surface area contributed by atoms with E-state index in [1.165, 1.54) is 0 Å². The maximum Gasteiger partial charge on any atom is 0.208 e. The number of nitrogens with zero attached hydrogens (tertiary/aromatic N) is 1. The number of para-hydroxylation sites is 2. The normalized spacial score (nSPS) is 11.2. The van der Waals surface area contributed by atoms with Gasteiger partial charge in [-0.3, -0.25) is 0 Å². The Hall–Kier alpha value is -5.30. The number of benzene rings is 5. The van der Waals surface area contributed by atoms with Crippen LogP contribution in [0.5, 0.6) is 28.7 Å². The summed E-state index contributed by atoms with van der Waals surface area (Å²) in [6.07, 6.45) is 0. The topological polar surface area (TPSA) is 118 Å². The predicted octanol–water partition coefficient (Wildman–Crippen LogP) is 6.72. The van der Waals surface area contributed by atoms with Crippen LogP contribution in [-0.4, -0.2) is 30.1 Å². The molecule has 6 rings (SSSR count). The van der Waals surface area contributed by atoms with Gasteiger partial charge in [-0.2, -0.15) is 0 Å². The lowest BCUT2D eigenvalue weighted by molar-refractivity contribution is 0.330. The number of phenols is 5. The molecule has 37 heavy (non-hydrogen) atoms. The highest BCUT2D eigenvalue weighted by Gasteiger charge is 2.24. The SMILES string of the molecule is Oc1c(O)c(O)c(-c2ccc(Nc3ccc4c(c3)c3ccccc3n4-c3ccccc3)cc2)c(O)c1O.